The minimum absolute atomic E-state index is 0.0681. The number of aryl methyl sites for hydroxylation is 1. The Morgan fingerprint density at radius 1 is 0.696 bits per heavy atom. The number of benzene rings is 4. The van der Waals surface area contributed by atoms with Gasteiger partial charge in [-0.2, -0.15) is 0 Å². The van der Waals surface area contributed by atoms with Gasteiger partial charge in [-0.15, -0.1) is 0 Å². The molecule has 294 valence electrons. The molecule has 0 saturated heterocycles. The molecular formula is C43H47N3O10. The summed E-state index contributed by atoms with van der Waals surface area (Å²) in [5, 5.41) is 40.9. The minimum atomic E-state index is -1.09. The zero-order valence-corrected chi connectivity index (χ0v) is 31.5. The number of carboxylic acid groups (broad SMARTS) is 2. The van der Waals surface area contributed by atoms with Gasteiger partial charge < -0.3 is 45.0 Å². The van der Waals surface area contributed by atoms with Gasteiger partial charge >= 0.3 is 11.9 Å². The van der Waals surface area contributed by atoms with E-state index in [4.69, 9.17) is 19.7 Å². The summed E-state index contributed by atoms with van der Waals surface area (Å²) in [6, 6.07) is 22.5. The first-order valence-corrected chi connectivity index (χ1v) is 18.7. The van der Waals surface area contributed by atoms with Crippen molar-refractivity contribution in [3.05, 3.63) is 106 Å². The van der Waals surface area contributed by atoms with Crippen LogP contribution in [0.4, 0.5) is 11.4 Å². The van der Waals surface area contributed by atoms with Gasteiger partial charge in [-0.05, 0) is 108 Å². The van der Waals surface area contributed by atoms with E-state index in [0.29, 0.717) is 73.4 Å². The van der Waals surface area contributed by atoms with Crippen LogP contribution in [0.15, 0.2) is 72.8 Å². The number of aliphatic hydroxyl groups is 2. The smallest absolute Gasteiger partial charge is 0.306 e. The second-order valence-electron chi connectivity index (χ2n) is 14.1. The van der Waals surface area contributed by atoms with E-state index in [2.05, 4.69) is 17.4 Å². The maximum atomic E-state index is 14.0. The number of nitrogens with zero attached hydrogens (tertiary/aromatic N) is 2. The van der Waals surface area contributed by atoms with Gasteiger partial charge in [-0.25, -0.2) is 0 Å². The molecule has 56 heavy (non-hydrogen) atoms. The van der Waals surface area contributed by atoms with Crippen molar-refractivity contribution in [3.8, 4) is 22.6 Å². The fraction of sp³-hybridized carbons (Fsp3) is 0.349. The molecule has 4 aromatic carbocycles. The number of methoxy groups -OCH3 is 2. The first kappa shape index (κ1) is 39.9. The highest BCUT2D eigenvalue weighted by Crippen LogP contribution is 2.42. The number of rotatable bonds is 17. The number of ether oxygens (including phenoxy) is 2. The SMILES string of the molecule is COc1ccc(C(=O)N2CCc3c(-c4cccc5c4CCN5C(=O)c4ccc(OC)c(CNC[C@@H](O)CC(=O)O)c4)cccc32)cc1CCC[C@@H](O)CC(=O)O. The maximum absolute atomic E-state index is 14.0. The summed E-state index contributed by atoms with van der Waals surface area (Å²) in [6.45, 7) is 1.32. The number of fused-ring (bicyclic) bond motifs is 2. The Balaban J connectivity index is 1.20. The van der Waals surface area contributed by atoms with Crippen LogP contribution in [-0.4, -0.2) is 90.2 Å². The van der Waals surface area contributed by atoms with Crippen LogP contribution in [0, 0.1) is 0 Å². The van der Waals surface area contributed by atoms with E-state index >= 15 is 0 Å². The molecule has 0 radical (unpaired) electrons. The molecule has 2 atom stereocenters. The van der Waals surface area contributed by atoms with Crippen LogP contribution in [0.25, 0.3) is 11.1 Å². The number of anilines is 2. The number of carbonyl (C=O) groups is 4. The topological polar surface area (TPSA) is 186 Å². The Hall–Kier alpha value is -5.76. The number of aliphatic hydroxyl groups excluding tert-OH is 2. The number of hydrogen-bond donors (Lipinski definition) is 5. The molecule has 0 aromatic heterocycles. The molecule has 0 spiro atoms. The van der Waals surface area contributed by atoms with Gasteiger partial charge in [0.1, 0.15) is 11.5 Å². The standard InChI is InChI=1S/C43H47N3O10/c1-55-38-14-12-27(20-26(38)6-3-7-30(47)22-40(49)50)42(53)45-18-16-34-32(8-4-10-36(34)45)33-9-5-11-37-35(33)17-19-46(37)43(54)28-13-15-39(56-2)29(21-28)24-44-25-31(48)23-41(51)52/h4-5,8-15,20-21,30-31,44,47-48H,3,6-7,16-19,22-25H2,1-2H3,(H,49,50)(H,51,52)/t30-,31+/m1/s1. The molecule has 5 N–H and O–H groups in total. The average Bonchev–Trinajstić information content (AvgIpc) is 3.82. The predicted octanol–water partition coefficient (Wildman–Crippen LogP) is 4.86. The van der Waals surface area contributed by atoms with Crippen molar-refractivity contribution in [1.29, 1.82) is 0 Å². The average molecular weight is 766 g/mol. The van der Waals surface area contributed by atoms with Crippen molar-refractivity contribution in [1.82, 2.24) is 5.32 Å². The summed E-state index contributed by atoms with van der Waals surface area (Å²) in [7, 11) is 3.10. The van der Waals surface area contributed by atoms with Crippen LogP contribution < -0.4 is 24.6 Å². The third kappa shape index (κ3) is 8.86. The van der Waals surface area contributed by atoms with Crippen LogP contribution in [-0.2, 0) is 35.4 Å². The zero-order valence-electron chi connectivity index (χ0n) is 31.5. The molecule has 2 aliphatic heterocycles. The van der Waals surface area contributed by atoms with Crippen LogP contribution in [0.5, 0.6) is 11.5 Å². The van der Waals surface area contributed by atoms with Crippen molar-refractivity contribution in [3.63, 3.8) is 0 Å². The van der Waals surface area contributed by atoms with E-state index in [0.717, 1.165) is 39.2 Å². The van der Waals surface area contributed by atoms with Gasteiger partial charge in [0.2, 0.25) is 0 Å². The van der Waals surface area contributed by atoms with E-state index in [1.807, 2.05) is 30.3 Å². The Kier molecular flexibility index (Phi) is 12.7. The first-order chi connectivity index (χ1) is 27.0. The second-order valence-corrected chi connectivity index (χ2v) is 14.1. The summed E-state index contributed by atoms with van der Waals surface area (Å²) >= 11 is 0. The van der Waals surface area contributed by atoms with Crippen molar-refractivity contribution in [2.24, 2.45) is 0 Å². The molecule has 0 unspecified atom stereocenters. The molecule has 4 aromatic rings. The van der Waals surface area contributed by atoms with Crippen molar-refractivity contribution >= 4 is 35.1 Å². The molecule has 2 aliphatic rings. The zero-order chi connectivity index (χ0) is 39.9. The molecule has 13 nitrogen and oxygen atoms in total. The largest absolute Gasteiger partial charge is 0.496 e. The van der Waals surface area contributed by atoms with Gasteiger partial charge in [-0.3, -0.25) is 19.2 Å². The highest BCUT2D eigenvalue weighted by Gasteiger charge is 2.32. The fourth-order valence-electron chi connectivity index (χ4n) is 7.74. The van der Waals surface area contributed by atoms with Crippen LogP contribution >= 0.6 is 0 Å². The lowest BCUT2D eigenvalue weighted by Crippen LogP contribution is -2.30. The van der Waals surface area contributed by atoms with Gasteiger partial charge in [0.15, 0.2) is 0 Å². The molecular weight excluding hydrogens is 718 g/mol. The van der Waals surface area contributed by atoms with E-state index in [1.54, 1.807) is 47.2 Å². The molecule has 0 saturated carbocycles. The monoisotopic (exact) mass is 765 g/mol. The van der Waals surface area contributed by atoms with Crippen molar-refractivity contribution < 1.29 is 49.1 Å². The van der Waals surface area contributed by atoms with Gasteiger partial charge in [0, 0.05) is 54.2 Å². The number of hydrogen-bond acceptors (Lipinski definition) is 9. The lowest BCUT2D eigenvalue weighted by Gasteiger charge is -2.21. The Morgan fingerprint density at radius 2 is 1.20 bits per heavy atom. The van der Waals surface area contributed by atoms with E-state index < -0.39 is 24.1 Å². The third-order valence-corrected chi connectivity index (χ3v) is 10.4. The van der Waals surface area contributed by atoms with Crippen LogP contribution in [0.1, 0.15) is 68.7 Å². The van der Waals surface area contributed by atoms with Gasteiger partial charge in [0.05, 0.1) is 39.3 Å². The summed E-state index contributed by atoms with van der Waals surface area (Å²) in [5.41, 5.74) is 8.28. The molecule has 6 rings (SSSR count). The van der Waals surface area contributed by atoms with E-state index in [9.17, 15) is 29.4 Å². The van der Waals surface area contributed by atoms with Gasteiger partial charge in [0.25, 0.3) is 11.8 Å². The minimum Gasteiger partial charge on any atom is -0.496 e. The highest BCUT2D eigenvalue weighted by molar-refractivity contribution is 6.09. The summed E-state index contributed by atoms with van der Waals surface area (Å²) in [5.74, 6) is -1.26. The molecule has 2 heterocycles. The third-order valence-electron chi connectivity index (χ3n) is 10.4. The quantitative estimate of drug-likeness (QED) is 0.0989. The molecule has 2 amide bonds. The summed E-state index contributed by atoms with van der Waals surface area (Å²) < 4.78 is 11.0. The van der Waals surface area contributed by atoms with E-state index in [1.165, 1.54) is 7.11 Å². The fourth-order valence-corrected chi connectivity index (χ4v) is 7.74. The van der Waals surface area contributed by atoms with Gasteiger partial charge in [-0.1, -0.05) is 24.3 Å². The molecule has 0 fully saturated rings. The van der Waals surface area contributed by atoms with Crippen molar-refractivity contribution in [2.75, 3.05) is 43.7 Å². The molecule has 13 heteroatoms. The number of aliphatic carboxylic acids is 2. The Morgan fingerprint density at radius 3 is 1.71 bits per heavy atom. The van der Waals surface area contributed by atoms with Crippen LogP contribution in [0.3, 0.4) is 0 Å². The lowest BCUT2D eigenvalue weighted by atomic mass is 9.93. The predicted molar refractivity (Wildman–Crippen MR) is 210 cm³/mol. The number of amides is 2. The Bertz CT molecular complexity index is 1970. The normalized spacial score (nSPS) is 14.2. The van der Waals surface area contributed by atoms with Crippen molar-refractivity contribution in [2.45, 2.75) is 63.7 Å². The summed E-state index contributed by atoms with van der Waals surface area (Å²) in [4.78, 5) is 53.5. The molecule has 0 aliphatic carbocycles. The highest BCUT2D eigenvalue weighted by atomic mass is 16.5. The summed E-state index contributed by atoms with van der Waals surface area (Å²) in [6.07, 6.45) is -0.0103. The number of carbonyl (C=O) groups excluding carboxylic acids is 2. The maximum Gasteiger partial charge on any atom is 0.306 e. The lowest BCUT2D eigenvalue weighted by molar-refractivity contribution is -0.140. The number of nitrogens with one attached hydrogen (secondary N) is 1. The van der Waals surface area contributed by atoms with E-state index in [-0.39, 0.29) is 37.7 Å². The second kappa shape index (κ2) is 17.8. The van der Waals surface area contributed by atoms with Crippen LogP contribution in [0.2, 0.25) is 0 Å². The molecule has 0 bridgehead atoms. The number of carboxylic acids is 2. The first-order valence-electron chi connectivity index (χ1n) is 18.7. The Labute approximate surface area is 325 Å².